The molecule has 0 saturated carbocycles. The maximum absolute atomic E-state index is 12.6. The highest BCUT2D eigenvalue weighted by Crippen LogP contribution is 2.26. The highest BCUT2D eigenvalue weighted by atomic mass is 32.2. The number of nitrogens with two attached hydrogens (primary N) is 1. The lowest BCUT2D eigenvalue weighted by Gasteiger charge is -2.10. The Morgan fingerprint density at radius 2 is 2.00 bits per heavy atom. The summed E-state index contributed by atoms with van der Waals surface area (Å²) >= 11 is 1.57. The molecular formula is C20H22N6O3S. The minimum Gasteiger partial charge on any atom is -0.495 e. The monoisotopic (exact) mass is 426 g/mol. The van der Waals surface area contributed by atoms with E-state index < -0.39 is 5.91 Å². The van der Waals surface area contributed by atoms with Gasteiger partial charge in [0.2, 0.25) is 5.91 Å². The lowest BCUT2D eigenvalue weighted by atomic mass is 10.2. The number of aromatic nitrogens is 3. The number of nitrogens with zero attached hydrogens (tertiary/aromatic N) is 3. The summed E-state index contributed by atoms with van der Waals surface area (Å²) in [6.45, 7) is 1.72. The molecule has 9 nitrogen and oxygen atoms in total. The first-order valence-corrected chi connectivity index (χ1v) is 10.2. The molecule has 0 fully saturated rings. The molecule has 0 spiro atoms. The molecule has 3 aromatic rings. The number of thioether (sulfide) groups is 1. The van der Waals surface area contributed by atoms with E-state index in [9.17, 15) is 9.59 Å². The first-order valence-electron chi connectivity index (χ1n) is 9.00. The Balaban J connectivity index is 1.70. The number of aryl methyl sites for hydroxylation is 1. The Morgan fingerprint density at radius 3 is 2.73 bits per heavy atom. The third-order valence-electron chi connectivity index (χ3n) is 4.24. The zero-order chi connectivity index (χ0) is 21.7. The molecule has 0 saturated heterocycles. The Bertz CT molecular complexity index is 1080. The van der Waals surface area contributed by atoms with Gasteiger partial charge in [-0.15, -0.1) is 16.9 Å². The molecule has 4 N–H and O–H groups in total. The van der Waals surface area contributed by atoms with Crippen LogP contribution in [0.2, 0.25) is 0 Å². The van der Waals surface area contributed by atoms with Crippen molar-refractivity contribution < 1.29 is 14.3 Å². The largest absolute Gasteiger partial charge is 0.495 e. The Morgan fingerprint density at radius 1 is 1.20 bits per heavy atom. The maximum atomic E-state index is 12.6. The summed E-state index contributed by atoms with van der Waals surface area (Å²) in [5.74, 6) is -0.383. The predicted molar refractivity (Wildman–Crippen MR) is 117 cm³/mol. The van der Waals surface area contributed by atoms with Crippen LogP contribution in [0.1, 0.15) is 16.1 Å². The number of anilines is 3. The lowest BCUT2D eigenvalue weighted by molar-refractivity contribution is -0.116. The number of ether oxygens (including phenoxy) is 1. The van der Waals surface area contributed by atoms with Crippen molar-refractivity contribution in [1.82, 2.24) is 15.0 Å². The van der Waals surface area contributed by atoms with Gasteiger partial charge in [-0.25, -0.2) is 4.68 Å². The molecule has 156 valence electrons. The smallest absolute Gasteiger partial charge is 0.280 e. The maximum Gasteiger partial charge on any atom is 0.280 e. The van der Waals surface area contributed by atoms with E-state index in [0.29, 0.717) is 17.1 Å². The molecule has 0 aliphatic heterocycles. The van der Waals surface area contributed by atoms with Crippen molar-refractivity contribution in [1.29, 1.82) is 0 Å². The zero-order valence-electron chi connectivity index (χ0n) is 16.8. The number of methoxy groups -OCH3 is 1. The molecule has 1 heterocycles. The number of benzene rings is 2. The van der Waals surface area contributed by atoms with Gasteiger partial charge in [-0.05, 0) is 49.1 Å². The van der Waals surface area contributed by atoms with E-state index in [2.05, 4.69) is 20.9 Å². The van der Waals surface area contributed by atoms with Crippen LogP contribution in [-0.4, -0.2) is 40.2 Å². The summed E-state index contributed by atoms with van der Waals surface area (Å²) in [5, 5.41) is 13.2. The van der Waals surface area contributed by atoms with Crippen molar-refractivity contribution >= 4 is 40.8 Å². The summed E-state index contributed by atoms with van der Waals surface area (Å²) in [6.07, 6.45) is 1.95. The first-order chi connectivity index (χ1) is 14.4. The van der Waals surface area contributed by atoms with Crippen molar-refractivity contribution in [2.75, 3.05) is 29.7 Å². The number of hydrogen-bond donors (Lipinski definition) is 3. The van der Waals surface area contributed by atoms with Crippen LogP contribution in [0, 0.1) is 6.92 Å². The molecule has 3 rings (SSSR count). The zero-order valence-corrected chi connectivity index (χ0v) is 17.6. The van der Waals surface area contributed by atoms with Gasteiger partial charge in [0.15, 0.2) is 11.5 Å². The van der Waals surface area contributed by atoms with Crippen LogP contribution in [-0.2, 0) is 11.3 Å². The summed E-state index contributed by atoms with van der Waals surface area (Å²) in [4.78, 5) is 26.0. The second-order valence-electron chi connectivity index (χ2n) is 6.42. The lowest BCUT2D eigenvalue weighted by Crippen LogP contribution is -2.21. The van der Waals surface area contributed by atoms with Crippen molar-refractivity contribution in [2.24, 2.45) is 0 Å². The predicted octanol–water partition coefficient (Wildman–Crippen LogP) is 2.79. The van der Waals surface area contributed by atoms with Gasteiger partial charge >= 0.3 is 0 Å². The van der Waals surface area contributed by atoms with Gasteiger partial charge in [0.05, 0.1) is 12.8 Å². The van der Waals surface area contributed by atoms with Crippen molar-refractivity contribution in [3.05, 3.63) is 53.7 Å². The van der Waals surface area contributed by atoms with E-state index in [4.69, 9.17) is 10.5 Å². The van der Waals surface area contributed by atoms with Crippen molar-refractivity contribution in [2.45, 2.75) is 18.4 Å². The molecule has 0 aliphatic rings. The van der Waals surface area contributed by atoms with E-state index in [1.165, 1.54) is 11.8 Å². The topological polar surface area (TPSA) is 124 Å². The number of amides is 2. The Labute approximate surface area is 178 Å². The number of carbonyl (C=O) groups excluding carboxylic acids is 2. The van der Waals surface area contributed by atoms with Crippen LogP contribution in [0.4, 0.5) is 17.2 Å². The van der Waals surface area contributed by atoms with Gasteiger partial charge in [-0.3, -0.25) is 9.59 Å². The van der Waals surface area contributed by atoms with Gasteiger partial charge in [0, 0.05) is 10.6 Å². The number of nitrogens with one attached hydrogen (secondary N) is 2. The number of carbonyl (C=O) groups is 2. The van der Waals surface area contributed by atoms with Crippen LogP contribution in [0.25, 0.3) is 0 Å². The van der Waals surface area contributed by atoms with Gasteiger partial charge in [-0.2, -0.15) is 0 Å². The normalized spacial score (nSPS) is 10.5. The second kappa shape index (κ2) is 9.31. The molecule has 0 atom stereocenters. The van der Waals surface area contributed by atoms with Crippen molar-refractivity contribution in [3.63, 3.8) is 0 Å². The minimum absolute atomic E-state index is 0.00728. The molecule has 1 aromatic heterocycles. The summed E-state index contributed by atoms with van der Waals surface area (Å²) < 4.78 is 6.43. The summed E-state index contributed by atoms with van der Waals surface area (Å²) in [6, 6.07) is 12.8. The Hall–Kier alpha value is -3.53. The highest BCUT2D eigenvalue weighted by molar-refractivity contribution is 7.98. The number of hydrogen-bond acceptors (Lipinski definition) is 7. The second-order valence-corrected chi connectivity index (χ2v) is 7.30. The molecule has 10 heteroatoms. The quantitative estimate of drug-likeness (QED) is 0.496. The van der Waals surface area contributed by atoms with Crippen LogP contribution in [0.3, 0.4) is 0 Å². The number of nitrogen functional groups attached to an aromatic ring is 1. The van der Waals surface area contributed by atoms with Crippen LogP contribution >= 0.6 is 11.8 Å². The summed E-state index contributed by atoms with van der Waals surface area (Å²) in [5.41, 5.74) is 8.03. The fourth-order valence-electron chi connectivity index (χ4n) is 2.74. The molecule has 30 heavy (non-hydrogen) atoms. The Kier molecular flexibility index (Phi) is 6.58. The third-order valence-corrected chi connectivity index (χ3v) is 4.96. The fourth-order valence-corrected chi connectivity index (χ4v) is 3.20. The number of rotatable bonds is 7. The molecule has 0 unspecified atom stereocenters. The van der Waals surface area contributed by atoms with E-state index in [1.807, 2.05) is 37.4 Å². The summed E-state index contributed by atoms with van der Waals surface area (Å²) in [7, 11) is 1.51. The van der Waals surface area contributed by atoms with E-state index in [0.717, 1.165) is 10.5 Å². The van der Waals surface area contributed by atoms with E-state index >= 15 is 0 Å². The van der Waals surface area contributed by atoms with Crippen molar-refractivity contribution in [3.8, 4) is 5.75 Å². The standard InChI is InChI=1S/C20H22N6O3S/c1-12-7-8-16(29-2)15(9-12)23-20(28)18-19(21)26(25-24-18)11-17(27)22-13-5-4-6-14(10-13)30-3/h4-10H,11,21H2,1-3H3,(H,22,27)(H,23,28). The van der Waals surface area contributed by atoms with Gasteiger partial charge in [0.25, 0.3) is 5.91 Å². The van der Waals surface area contributed by atoms with E-state index in [1.54, 1.807) is 30.0 Å². The molecule has 0 bridgehead atoms. The molecule has 2 aromatic carbocycles. The average Bonchev–Trinajstić information content (AvgIpc) is 3.08. The first kappa shape index (κ1) is 21.2. The van der Waals surface area contributed by atoms with E-state index in [-0.39, 0.29) is 24.0 Å². The molecular weight excluding hydrogens is 404 g/mol. The van der Waals surface area contributed by atoms with Gasteiger partial charge in [-0.1, -0.05) is 17.3 Å². The minimum atomic E-state index is -0.546. The molecule has 0 aliphatic carbocycles. The van der Waals surface area contributed by atoms with Crippen LogP contribution in [0.15, 0.2) is 47.4 Å². The third kappa shape index (κ3) is 4.90. The highest BCUT2D eigenvalue weighted by Gasteiger charge is 2.20. The van der Waals surface area contributed by atoms with Gasteiger partial charge < -0.3 is 21.1 Å². The van der Waals surface area contributed by atoms with Gasteiger partial charge in [0.1, 0.15) is 12.3 Å². The average molecular weight is 427 g/mol. The van der Waals surface area contributed by atoms with Crippen LogP contribution in [0.5, 0.6) is 5.75 Å². The molecule has 0 radical (unpaired) electrons. The van der Waals surface area contributed by atoms with Crippen LogP contribution < -0.4 is 21.1 Å². The molecule has 2 amide bonds. The SMILES string of the molecule is COc1ccc(C)cc1NC(=O)c1nnn(CC(=O)Nc2cccc(SC)c2)c1N. The fraction of sp³-hybridized carbons (Fsp3) is 0.200.